The molecule has 0 aliphatic rings. The van der Waals surface area contributed by atoms with Crippen molar-refractivity contribution in [2.45, 2.75) is 11.3 Å². The summed E-state index contributed by atoms with van der Waals surface area (Å²) in [7, 11) is -3.61. The molecule has 0 saturated heterocycles. The fourth-order valence-corrected chi connectivity index (χ4v) is 4.41. The van der Waals surface area contributed by atoms with Gasteiger partial charge in [-0.2, -0.15) is 0 Å². The van der Waals surface area contributed by atoms with E-state index in [9.17, 15) is 8.42 Å². The molecule has 8 heteroatoms. The van der Waals surface area contributed by atoms with Crippen LogP contribution in [0.5, 0.6) is 0 Å². The number of hydrogen-bond donors (Lipinski definition) is 1. The summed E-state index contributed by atoms with van der Waals surface area (Å²) in [5.74, 6) is 0. The summed E-state index contributed by atoms with van der Waals surface area (Å²) in [6, 6.07) is 6.86. The largest absolute Gasteiger partial charge is 0.243 e. The molecule has 0 aliphatic heterocycles. The molecule has 0 unspecified atom stereocenters. The molecule has 2 aromatic heterocycles. The van der Waals surface area contributed by atoms with Crippen LogP contribution >= 0.6 is 38.9 Å². The Bertz CT molecular complexity index is 673. The van der Waals surface area contributed by atoms with Gasteiger partial charge < -0.3 is 0 Å². The highest BCUT2D eigenvalue weighted by molar-refractivity contribution is 9.11. The fraction of sp³-hybridized carbons (Fsp3) is 0.182. The monoisotopic (exact) mass is 380 g/mol. The van der Waals surface area contributed by atoms with Gasteiger partial charge in [0.2, 0.25) is 10.0 Å². The van der Waals surface area contributed by atoms with Crippen LogP contribution in [-0.2, 0) is 16.4 Å². The lowest BCUT2D eigenvalue weighted by molar-refractivity contribution is 0.581. The second-order valence-corrected chi connectivity index (χ2v) is 8.29. The first-order valence-electron chi connectivity index (χ1n) is 5.33. The molecule has 0 fully saturated rings. The number of halogens is 2. The average molecular weight is 382 g/mol. The third kappa shape index (κ3) is 4.00. The number of sulfonamides is 1. The molecule has 0 radical (unpaired) electrons. The third-order valence-electron chi connectivity index (χ3n) is 2.31. The molecule has 2 aromatic rings. The van der Waals surface area contributed by atoms with Crippen LogP contribution in [0.25, 0.3) is 0 Å². The van der Waals surface area contributed by atoms with Gasteiger partial charge in [0.1, 0.15) is 10.0 Å². The number of nitrogens with zero attached hydrogens (tertiary/aromatic N) is 1. The molecular weight excluding hydrogens is 372 g/mol. The van der Waals surface area contributed by atoms with Gasteiger partial charge in [0.15, 0.2) is 0 Å². The molecule has 102 valence electrons. The number of aromatic nitrogens is 1. The van der Waals surface area contributed by atoms with Crippen molar-refractivity contribution >= 4 is 48.9 Å². The van der Waals surface area contributed by atoms with Gasteiger partial charge in [-0.05, 0) is 46.6 Å². The summed E-state index contributed by atoms with van der Waals surface area (Å²) in [4.78, 5) is 4.86. The van der Waals surface area contributed by atoms with Gasteiger partial charge in [0.05, 0.1) is 3.79 Å². The highest BCUT2D eigenvalue weighted by Gasteiger charge is 2.17. The van der Waals surface area contributed by atoms with E-state index in [1.54, 1.807) is 11.3 Å². The molecule has 1 N–H and O–H groups in total. The molecule has 0 aliphatic carbocycles. The second-order valence-electron chi connectivity index (χ2n) is 3.65. The Morgan fingerprint density at radius 2 is 2.16 bits per heavy atom. The van der Waals surface area contributed by atoms with Gasteiger partial charge in [0.25, 0.3) is 0 Å². The Hall–Kier alpha value is -0.470. The fourth-order valence-electron chi connectivity index (χ4n) is 1.44. The minimum atomic E-state index is -3.61. The number of thiophene rings is 1. The Balaban J connectivity index is 2.01. The van der Waals surface area contributed by atoms with Gasteiger partial charge in [-0.3, -0.25) is 0 Å². The summed E-state index contributed by atoms with van der Waals surface area (Å²) < 4.78 is 27.6. The van der Waals surface area contributed by atoms with E-state index in [-0.39, 0.29) is 10.0 Å². The minimum absolute atomic E-state index is 0.00373. The van der Waals surface area contributed by atoms with Gasteiger partial charge in [-0.15, -0.1) is 11.3 Å². The summed E-state index contributed by atoms with van der Waals surface area (Å²) >= 11 is 10.7. The first-order chi connectivity index (χ1) is 8.99. The predicted octanol–water partition coefficient (Wildman–Crippen LogP) is 3.08. The quantitative estimate of drug-likeness (QED) is 0.810. The van der Waals surface area contributed by atoms with E-state index in [1.807, 2.05) is 12.1 Å². The van der Waals surface area contributed by atoms with Crippen LogP contribution in [0, 0.1) is 0 Å². The van der Waals surface area contributed by atoms with Crippen LogP contribution < -0.4 is 4.72 Å². The van der Waals surface area contributed by atoms with Crippen molar-refractivity contribution in [1.29, 1.82) is 0 Å². The average Bonchev–Trinajstić information content (AvgIpc) is 2.75. The van der Waals surface area contributed by atoms with E-state index in [0.29, 0.717) is 13.0 Å². The van der Waals surface area contributed by atoms with E-state index in [2.05, 4.69) is 25.6 Å². The van der Waals surface area contributed by atoms with E-state index >= 15 is 0 Å². The zero-order valence-electron chi connectivity index (χ0n) is 9.64. The van der Waals surface area contributed by atoms with Crippen LogP contribution in [0.15, 0.2) is 39.1 Å². The summed E-state index contributed by atoms with van der Waals surface area (Å²) in [5, 5.41) is -0.0196. The smallest absolute Gasteiger partial charge is 0.243 e. The van der Waals surface area contributed by atoms with E-state index in [0.717, 1.165) is 8.66 Å². The maximum atomic E-state index is 12.0. The number of hydrogen-bond acceptors (Lipinski definition) is 4. The number of pyridine rings is 1. The molecule has 0 saturated carbocycles. The topological polar surface area (TPSA) is 59.1 Å². The zero-order valence-corrected chi connectivity index (χ0v) is 13.6. The van der Waals surface area contributed by atoms with E-state index in [1.165, 1.54) is 18.3 Å². The molecular formula is C11H10BrClN2O2S2. The number of nitrogens with one attached hydrogen (secondary N) is 1. The lowest BCUT2D eigenvalue weighted by Gasteiger charge is -2.06. The standard InChI is InChI=1S/C11H10BrClN2O2S2/c12-10-4-3-8(18-10)5-7-15-19(16,17)9-2-1-6-14-11(9)13/h1-4,6,15H,5,7H2. The van der Waals surface area contributed by atoms with Gasteiger partial charge >= 0.3 is 0 Å². The molecule has 0 aromatic carbocycles. The molecule has 2 rings (SSSR count). The molecule has 0 spiro atoms. The van der Waals surface area contributed by atoms with Gasteiger partial charge in [0, 0.05) is 17.6 Å². The summed E-state index contributed by atoms with van der Waals surface area (Å²) in [5.41, 5.74) is 0. The highest BCUT2D eigenvalue weighted by atomic mass is 79.9. The Kier molecular flexibility index (Phi) is 4.97. The maximum Gasteiger partial charge on any atom is 0.243 e. The van der Waals surface area contributed by atoms with Crippen LogP contribution in [0.2, 0.25) is 5.15 Å². The summed E-state index contributed by atoms with van der Waals surface area (Å²) in [6.07, 6.45) is 2.08. The molecule has 0 amide bonds. The van der Waals surface area contributed by atoms with Crippen molar-refractivity contribution in [2.75, 3.05) is 6.54 Å². The molecule has 2 heterocycles. The van der Waals surface area contributed by atoms with Crippen LogP contribution in [0.3, 0.4) is 0 Å². The lowest BCUT2D eigenvalue weighted by Crippen LogP contribution is -2.26. The molecule has 0 bridgehead atoms. The minimum Gasteiger partial charge on any atom is -0.243 e. The van der Waals surface area contributed by atoms with Crippen LogP contribution in [0.4, 0.5) is 0 Å². The normalized spacial score (nSPS) is 11.7. The SMILES string of the molecule is O=S(=O)(NCCc1ccc(Br)s1)c1cccnc1Cl. The lowest BCUT2D eigenvalue weighted by atomic mass is 10.3. The maximum absolute atomic E-state index is 12.0. The second kappa shape index (κ2) is 6.32. The summed E-state index contributed by atoms with van der Waals surface area (Å²) in [6.45, 7) is 0.320. The molecule has 19 heavy (non-hydrogen) atoms. The Labute approximate surface area is 129 Å². The van der Waals surface area contributed by atoms with Crippen LogP contribution in [-0.4, -0.2) is 19.9 Å². The van der Waals surface area contributed by atoms with E-state index in [4.69, 9.17) is 11.6 Å². The predicted molar refractivity (Wildman–Crippen MR) is 80.2 cm³/mol. The van der Waals surface area contributed by atoms with E-state index < -0.39 is 10.0 Å². The third-order valence-corrected chi connectivity index (χ3v) is 5.90. The van der Waals surface area contributed by atoms with Gasteiger partial charge in [-0.1, -0.05) is 11.6 Å². The Morgan fingerprint density at radius 1 is 1.37 bits per heavy atom. The van der Waals surface area contributed by atoms with Crippen LogP contribution in [0.1, 0.15) is 4.88 Å². The molecule has 4 nitrogen and oxygen atoms in total. The first-order valence-corrected chi connectivity index (χ1v) is 8.80. The van der Waals surface area contributed by atoms with Crippen molar-refractivity contribution in [1.82, 2.24) is 9.71 Å². The van der Waals surface area contributed by atoms with Gasteiger partial charge in [-0.25, -0.2) is 18.1 Å². The zero-order chi connectivity index (χ0) is 13.9. The van der Waals surface area contributed by atoms with Crippen molar-refractivity contribution in [3.8, 4) is 0 Å². The van der Waals surface area contributed by atoms with Crippen molar-refractivity contribution in [3.63, 3.8) is 0 Å². The van der Waals surface area contributed by atoms with Crippen molar-refractivity contribution < 1.29 is 8.42 Å². The Morgan fingerprint density at radius 3 is 2.79 bits per heavy atom. The first kappa shape index (κ1) is 14.9. The van der Waals surface area contributed by atoms with Crippen molar-refractivity contribution in [2.24, 2.45) is 0 Å². The molecule has 0 atom stereocenters. The highest BCUT2D eigenvalue weighted by Crippen LogP contribution is 2.22. The van der Waals surface area contributed by atoms with Crippen molar-refractivity contribution in [3.05, 3.63) is 44.3 Å². The number of rotatable bonds is 5.